The van der Waals surface area contributed by atoms with Gasteiger partial charge in [0.1, 0.15) is 11.3 Å². The molecule has 0 aliphatic rings. The minimum Gasteiger partial charge on any atom is -0.465 e. The lowest BCUT2D eigenvalue weighted by Crippen LogP contribution is -2.05. The van der Waals surface area contributed by atoms with E-state index in [1.165, 1.54) is 7.11 Å². The Balaban J connectivity index is 1.99. The molecule has 0 unspecified atom stereocenters. The first-order valence-corrected chi connectivity index (χ1v) is 6.63. The molecule has 0 radical (unpaired) electrons. The van der Waals surface area contributed by atoms with Crippen LogP contribution in [0.15, 0.2) is 42.7 Å². The normalized spacial score (nSPS) is 10.8. The summed E-state index contributed by atoms with van der Waals surface area (Å²) in [4.78, 5) is 20.2. The average Bonchev–Trinajstić information content (AvgIpc) is 2.83. The second kappa shape index (κ2) is 5.36. The van der Waals surface area contributed by atoms with Gasteiger partial charge in [0, 0.05) is 12.7 Å². The average molecular weight is 281 g/mol. The van der Waals surface area contributed by atoms with Gasteiger partial charge in [-0.15, -0.1) is 0 Å². The lowest BCUT2D eigenvalue weighted by Gasteiger charge is -2.08. The number of ether oxygens (including phenoxy) is 1. The second-order valence-electron chi connectivity index (χ2n) is 4.80. The second-order valence-corrected chi connectivity index (χ2v) is 4.80. The molecule has 0 spiro atoms. The number of aryl methyl sites for hydroxylation is 1. The van der Waals surface area contributed by atoms with Crippen LogP contribution < -0.4 is 0 Å². The van der Waals surface area contributed by atoms with Crippen molar-refractivity contribution in [1.82, 2.24) is 14.5 Å². The fourth-order valence-electron chi connectivity index (χ4n) is 2.40. The Labute approximate surface area is 122 Å². The smallest absolute Gasteiger partial charge is 0.337 e. The summed E-state index contributed by atoms with van der Waals surface area (Å²) < 4.78 is 6.86. The summed E-state index contributed by atoms with van der Waals surface area (Å²) in [5, 5.41) is 0. The molecular formula is C16H15N3O2. The van der Waals surface area contributed by atoms with Crippen LogP contribution in [0.2, 0.25) is 0 Å². The number of hydrogen-bond donors (Lipinski definition) is 0. The van der Waals surface area contributed by atoms with Gasteiger partial charge in [0.05, 0.1) is 24.4 Å². The van der Waals surface area contributed by atoms with E-state index in [0.717, 1.165) is 22.4 Å². The molecule has 2 aromatic heterocycles. The van der Waals surface area contributed by atoms with E-state index in [1.54, 1.807) is 18.5 Å². The topological polar surface area (TPSA) is 57.0 Å². The highest BCUT2D eigenvalue weighted by Gasteiger charge is 2.10. The van der Waals surface area contributed by atoms with Crippen molar-refractivity contribution in [2.45, 2.75) is 13.5 Å². The Bertz CT molecular complexity index is 808. The molecule has 0 saturated carbocycles. The number of nitrogens with zero attached hydrogens (tertiary/aromatic N) is 3. The Hall–Kier alpha value is -2.69. The summed E-state index contributed by atoms with van der Waals surface area (Å²) >= 11 is 0. The van der Waals surface area contributed by atoms with Gasteiger partial charge >= 0.3 is 5.97 Å². The number of fused-ring (bicyclic) bond motifs is 1. The van der Waals surface area contributed by atoms with Gasteiger partial charge < -0.3 is 9.30 Å². The number of carbonyl (C=O) groups is 1. The van der Waals surface area contributed by atoms with Crippen LogP contribution in [0.25, 0.3) is 11.0 Å². The number of aromatic nitrogens is 3. The Morgan fingerprint density at radius 1 is 1.33 bits per heavy atom. The predicted molar refractivity (Wildman–Crippen MR) is 79.1 cm³/mol. The lowest BCUT2D eigenvalue weighted by molar-refractivity contribution is 0.0600. The quantitative estimate of drug-likeness (QED) is 0.692. The van der Waals surface area contributed by atoms with E-state index >= 15 is 0 Å². The molecule has 0 fully saturated rings. The standard InChI is InChI=1S/C16H15N3O2/c1-11-18-14-9-17-7-6-15(14)19(11)10-12-4-3-5-13(8-12)16(20)21-2/h3-9H,10H2,1-2H3. The maximum absolute atomic E-state index is 11.6. The Morgan fingerprint density at radius 3 is 3.00 bits per heavy atom. The molecule has 21 heavy (non-hydrogen) atoms. The largest absolute Gasteiger partial charge is 0.465 e. The van der Waals surface area contributed by atoms with Gasteiger partial charge in [0.2, 0.25) is 0 Å². The molecule has 5 heteroatoms. The monoisotopic (exact) mass is 281 g/mol. The zero-order chi connectivity index (χ0) is 14.8. The van der Waals surface area contributed by atoms with Crippen molar-refractivity contribution in [3.05, 3.63) is 59.7 Å². The highest BCUT2D eigenvalue weighted by atomic mass is 16.5. The fourth-order valence-corrected chi connectivity index (χ4v) is 2.40. The molecule has 0 aliphatic carbocycles. The fraction of sp³-hybridized carbons (Fsp3) is 0.188. The third-order valence-electron chi connectivity index (χ3n) is 3.43. The summed E-state index contributed by atoms with van der Waals surface area (Å²) in [5.41, 5.74) is 3.49. The maximum atomic E-state index is 11.6. The number of methoxy groups -OCH3 is 1. The molecule has 0 atom stereocenters. The van der Waals surface area contributed by atoms with Crippen LogP contribution in [0.1, 0.15) is 21.7 Å². The molecule has 106 valence electrons. The van der Waals surface area contributed by atoms with Crippen LogP contribution in [0.4, 0.5) is 0 Å². The van der Waals surface area contributed by atoms with E-state index in [4.69, 9.17) is 4.74 Å². The number of benzene rings is 1. The summed E-state index contributed by atoms with van der Waals surface area (Å²) in [6.07, 6.45) is 3.51. The van der Waals surface area contributed by atoms with Gasteiger partial charge in [-0.1, -0.05) is 12.1 Å². The number of rotatable bonds is 3. The van der Waals surface area contributed by atoms with Crippen molar-refractivity contribution in [3.63, 3.8) is 0 Å². The first-order valence-electron chi connectivity index (χ1n) is 6.63. The Kier molecular flexibility index (Phi) is 3.39. The zero-order valence-corrected chi connectivity index (χ0v) is 11.9. The SMILES string of the molecule is COC(=O)c1cccc(Cn2c(C)nc3cnccc32)c1. The predicted octanol–water partition coefficient (Wildman–Crippen LogP) is 2.57. The van der Waals surface area contributed by atoms with Crippen LogP contribution >= 0.6 is 0 Å². The summed E-state index contributed by atoms with van der Waals surface area (Å²) in [5.74, 6) is 0.592. The van der Waals surface area contributed by atoms with E-state index in [1.807, 2.05) is 31.2 Å². The van der Waals surface area contributed by atoms with Crippen molar-refractivity contribution in [1.29, 1.82) is 0 Å². The lowest BCUT2D eigenvalue weighted by atomic mass is 10.1. The summed E-state index contributed by atoms with van der Waals surface area (Å²) in [6.45, 7) is 2.61. The third kappa shape index (κ3) is 2.50. The van der Waals surface area contributed by atoms with E-state index in [2.05, 4.69) is 14.5 Å². The molecule has 1 aromatic carbocycles. The summed E-state index contributed by atoms with van der Waals surface area (Å²) in [6, 6.07) is 9.38. The molecule has 0 amide bonds. The van der Waals surface area contributed by atoms with E-state index in [-0.39, 0.29) is 5.97 Å². The van der Waals surface area contributed by atoms with Gasteiger partial charge in [-0.05, 0) is 30.7 Å². The van der Waals surface area contributed by atoms with Crippen molar-refractivity contribution >= 4 is 17.0 Å². The number of imidazole rings is 1. The minimum atomic E-state index is -0.326. The van der Waals surface area contributed by atoms with Crippen LogP contribution in [-0.2, 0) is 11.3 Å². The van der Waals surface area contributed by atoms with Gasteiger partial charge in [-0.2, -0.15) is 0 Å². The maximum Gasteiger partial charge on any atom is 0.337 e. The highest BCUT2D eigenvalue weighted by molar-refractivity contribution is 5.89. The number of carbonyl (C=O) groups excluding carboxylic acids is 1. The highest BCUT2D eigenvalue weighted by Crippen LogP contribution is 2.17. The molecular weight excluding hydrogens is 266 g/mol. The van der Waals surface area contributed by atoms with E-state index in [0.29, 0.717) is 12.1 Å². The van der Waals surface area contributed by atoms with Crippen molar-refractivity contribution in [2.24, 2.45) is 0 Å². The van der Waals surface area contributed by atoms with Gasteiger partial charge in [0.15, 0.2) is 0 Å². The number of hydrogen-bond acceptors (Lipinski definition) is 4. The van der Waals surface area contributed by atoms with Crippen LogP contribution in [-0.4, -0.2) is 27.6 Å². The molecule has 0 aliphatic heterocycles. The van der Waals surface area contributed by atoms with Crippen LogP contribution in [0.3, 0.4) is 0 Å². The zero-order valence-electron chi connectivity index (χ0n) is 11.9. The number of pyridine rings is 1. The number of esters is 1. The van der Waals surface area contributed by atoms with E-state index in [9.17, 15) is 4.79 Å². The molecule has 3 aromatic rings. The molecule has 5 nitrogen and oxygen atoms in total. The molecule has 2 heterocycles. The van der Waals surface area contributed by atoms with Crippen LogP contribution in [0, 0.1) is 6.92 Å². The third-order valence-corrected chi connectivity index (χ3v) is 3.43. The molecule has 3 rings (SSSR count). The van der Waals surface area contributed by atoms with Gasteiger partial charge in [-0.3, -0.25) is 4.98 Å². The van der Waals surface area contributed by atoms with Crippen LogP contribution in [0.5, 0.6) is 0 Å². The molecule has 0 saturated heterocycles. The van der Waals surface area contributed by atoms with Gasteiger partial charge in [-0.25, -0.2) is 9.78 Å². The van der Waals surface area contributed by atoms with Crippen molar-refractivity contribution in [2.75, 3.05) is 7.11 Å². The molecule has 0 N–H and O–H groups in total. The Morgan fingerprint density at radius 2 is 2.19 bits per heavy atom. The van der Waals surface area contributed by atoms with Crippen molar-refractivity contribution in [3.8, 4) is 0 Å². The first-order chi connectivity index (χ1) is 10.2. The molecule has 0 bridgehead atoms. The van der Waals surface area contributed by atoms with E-state index < -0.39 is 0 Å². The minimum absolute atomic E-state index is 0.326. The van der Waals surface area contributed by atoms with Crippen molar-refractivity contribution < 1.29 is 9.53 Å². The van der Waals surface area contributed by atoms with Gasteiger partial charge in [0.25, 0.3) is 0 Å². The first kappa shape index (κ1) is 13.3. The summed E-state index contributed by atoms with van der Waals surface area (Å²) in [7, 11) is 1.38.